The lowest BCUT2D eigenvalue weighted by atomic mass is 9.98. The molecule has 1 rings (SSSR count). The summed E-state index contributed by atoms with van der Waals surface area (Å²) in [5, 5.41) is 3.42. The number of benzene rings is 1. The fourth-order valence-corrected chi connectivity index (χ4v) is 1.60. The van der Waals surface area contributed by atoms with Crippen molar-refractivity contribution >= 4 is 0 Å². The zero-order valence-corrected chi connectivity index (χ0v) is 9.58. The van der Waals surface area contributed by atoms with E-state index in [4.69, 9.17) is 0 Å². The normalized spacial score (nSPS) is 12.3. The fraction of sp³-hybridized carbons (Fsp3) is 0.429. The topological polar surface area (TPSA) is 12.0 Å². The molecule has 15 heavy (non-hydrogen) atoms. The summed E-state index contributed by atoms with van der Waals surface area (Å²) in [4.78, 5) is 0. The first-order chi connectivity index (χ1) is 7.34. The highest BCUT2D eigenvalue weighted by Gasteiger charge is 2.03. The van der Waals surface area contributed by atoms with Gasteiger partial charge < -0.3 is 5.32 Å². The van der Waals surface area contributed by atoms with Gasteiger partial charge in [0.25, 0.3) is 0 Å². The fourth-order valence-electron chi connectivity index (χ4n) is 1.60. The van der Waals surface area contributed by atoms with Crippen LogP contribution in [-0.2, 0) is 0 Å². The van der Waals surface area contributed by atoms with Gasteiger partial charge in [-0.25, -0.2) is 0 Å². The third kappa shape index (κ3) is 4.80. The Morgan fingerprint density at radius 2 is 2.00 bits per heavy atom. The van der Waals surface area contributed by atoms with Crippen LogP contribution < -0.4 is 5.32 Å². The Morgan fingerprint density at radius 1 is 1.27 bits per heavy atom. The summed E-state index contributed by atoms with van der Waals surface area (Å²) in [6.07, 6.45) is 4.20. The first kappa shape index (κ1) is 12.0. The Labute approximate surface area is 93.2 Å². The van der Waals surface area contributed by atoms with Crippen molar-refractivity contribution in [3.05, 3.63) is 48.6 Å². The van der Waals surface area contributed by atoms with Crippen LogP contribution in [0.4, 0.5) is 0 Å². The van der Waals surface area contributed by atoms with Gasteiger partial charge in [-0.15, -0.1) is 6.58 Å². The Balaban J connectivity index is 2.19. The van der Waals surface area contributed by atoms with E-state index < -0.39 is 0 Å². The molecule has 0 aromatic heterocycles. The van der Waals surface area contributed by atoms with Crippen LogP contribution >= 0.6 is 0 Å². The molecule has 1 heteroatoms. The number of hydrogen-bond donors (Lipinski definition) is 1. The van der Waals surface area contributed by atoms with E-state index >= 15 is 0 Å². The molecule has 1 nitrogen and oxygen atoms in total. The third-order valence-corrected chi connectivity index (χ3v) is 2.65. The van der Waals surface area contributed by atoms with Gasteiger partial charge in [-0.1, -0.05) is 43.3 Å². The van der Waals surface area contributed by atoms with Crippen LogP contribution in [-0.4, -0.2) is 13.1 Å². The smallest absolute Gasteiger partial charge is 0.00144 e. The molecule has 0 aliphatic heterocycles. The summed E-state index contributed by atoms with van der Waals surface area (Å²) >= 11 is 0. The Morgan fingerprint density at radius 3 is 2.67 bits per heavy atom. The van der Waals surface area contributed by atoms with Gasteiger partial charge in [0.2, 0.25) is 0 Å². The second-order valence-electron chi connectivity index (χ2n) is 3.93. The number of hydrogen-bond acceptors (Lipinski definition) is 1. The SMILES string of the molecule is C=CCCNCCC(C)c1ccccc1. The molecule has 0 aliphatic carbocycles. The first-order valence-corrected chi connectivity index (χ1v) is 5.71. The Kier molecular flexibility index (Phi) is 5.79. The second-order valence-corrected chi connectivity index (χ2v) is 3.93. The molecule has 1 N–H and O–H groups in total. The Bertz CT molecular complexity index is 266. The van der Waals surface area contributed by atoms with Crippen LogP contribution in [0.1, 0.15) is 31.2 Å². The van der Waals surface area contributed by atoms with Gasteiger partial charge >= 0.3 is 0 Å². The molecule has 1 aromatic carbocycles. The standard InChI is InChI=1S/C14H21N/c1-3-4-11-15-12-10-13(2)14-8-6-5-7-9-14/h3,5-9,13,15H,1,4,10-12H2,2H3. The van der Waals surface area contributed by atoms with Gasteiger partial charge in [0.15, 0.2) is 0 Å². The largest absolute Gasteiger partial charge is 0.316 e. The molecular weight excluding hydrogens is 182 g/mol. The van der Waals surface area contributed by atoms with Crippen molar-refractivity contribution in [1.82, 2.24) is 5.32 Å². The molecule has 82 valence electrons. The molecule has 0 aliphatic rings. The van der Waals surface area contributed by atoms with E-state index in [-0.39, 0.29) is 0 Å². The molecule has 1 atom stereocenters. The second kappa shape index (κ2) is 7.24. The highest BCUT2D eigenvalue weighted by molar-refractivity contribution is 5.18. The molecule has 0 saturated carbocycles. The maximum atomic E-state index is 3.70. The lowest BCUT2D eigenvalue weighted by Gasteiger charge is -2.11. The average molecular weight is 203 g/mol. The van der Waals surface area contributed by atoms with Crippen molar-refractivity contribution in [3.63, 3.8) is 0 Å². The predicted molar refractivity (Wildman–Crippen MR) is 67.2 cm³/mol. The average Bonchev–Trinajstić information content (AvgIpc) is 2.30. The minimum Gasteiger partial charge on any atom is -0.316 e. The molecule has 0 fully saturated rings. The highest BCUT2D eigenvalue weighted by Crippen LogP contribution is 2.17. The van der Waals surface area contributed by atoms with Crippen LogP contribution in [0.5, 0.6) is 0 Å². The predicted octanol–water partition coefficient (Wildman–Crippen LogP) is 3.35. The van der Waals surface area contributed by atoms with Gasteiger partial charge in [-0.05, 0) is 37.4 Å². The molecule has 0 radical (unpaired) electrons. The van der Waals surface area contributed by atoms with E-state index in [0.29, 0.717) is 5.92 Å². The third-order valence-electron chi connectivity index (χ3n) is 2.65. The summed E-state index contributed by atoms with van der Waals surface area (Å²) in [5.41, 5.74) is 1.43. The van der Waals surface area contributed by atoms with Crippen molar-refractivity contribution in [2.45, 2.75) is 25.7 Å². The van der Waals surface area contributed by atoms with Crippen molar-refractivity contribution < 1.29 is 0 Å². The van der Waals surface area contributed by atoms with E-state index in [9.17, 15) is 0 Å². The van der Waals surface area contributed by atoms with Gasteiger partial charge in [0, 0.05) is 0 Å². The van der Waals surface area contributed by atoms with E-state index in [1.165, 1.54) is 12.0 Å². The summed E-state index contributed by atoms with van der Waals surface area (Å²) in [6, 6.07) is 10.7. The lowest BCUT2D eigenvalue weighted by molar-refractivity contribution is 0.598. The molecular formula is C14H21N. The van der Waals surface area contributed by atoms with E-state index in [1.807, 2.05) is 6.08 Å². The van der Waals surface area contributed by atoms with Crippen LogP contribution in [0, 0.1) is 0 Å². The molecule has 0 saturated heterocycles. The monoisotopic (exact) mass is 203 g/mol. The van der Waals surface area contributed by atoms with E-state index in [1.54, 1.807) is 0 Å². The van der Waals surface area contributed by atoms with Crippen molar-refractivity contribution in [2.24, 2.45) is 0 Å². The summed E-state index contributed by atoms with van der Waals surface area (Å²) in [5.74, 6) is 0.641. The molecule has 0 spiro atoms. The van der Waals surface area contributed by atoms with E-state index in [0.717, 1.165) is 19.5 Å². The van der Waals surface area contributed by atoms with Crippen LogP contribution in [0.25, 0.3) is 0 Å². The van der Waals surface area contributed by atoms with Crippen LogP contribution in [0.2, 0.25) is 0 Å². The van der Waals surface area contributed by atoms with Crippen LogP contribution in [0.3, 0.4) is 0 Å². The van der Waals surface area contributed by atoms with Crippen molar-refractivity contribution in [2.75, 3.05) is 13.1 Å². The molecule has 0 bridgehead atoms. The van der Waals surface area contributed by atoms with E-state index in [2.05, 4.69) is 49.2 Å². The maximum Gasteiger partial charge on any atom is -0.00144 e. The van der Waals surface area contributed by atoms with Gasteiger partial charge in [0.1, 0.15) is 0 Å². The zero-order valence-electron chi connectivity index (χ0n) is 9.58. The molecule has 0 amide bonds. The summed E-state index contributed by atoms with van der Waals surface area (Å²) < 4.78 is 0. The first-order valence-electron chi connectivity index (χ1n) is 5.71. The quantitative estimate of drug-likeness (QED) is 0.529. The summed E-state index contributed by atoms with van der Waals surface area (Å²) in [6.45, 7) is 8.12. The van der Waals surface area contributed by atoms with Gasteiger partial charge in [-0.2, -0.15) is 0 Å². The van der Waals surface area contributed by atoms with Gasteiger partial charge in [-0.3, -0.25) is 0 Å². The highest BCUT2D eigenvalue weighted by atomic mass is 14.8. The summed E-state index contributed by atoms with van der Waals surface area (Å²) in [7, 11) is 0. The minimum atomic E-state index is 0.641. The van der Waals surface area contributed by atoms with Crippen molar-refractivity contribution in [1.29, 1.82) is 0 Å². The maximum absolute atomic E-state index is 3.70. The van der Waals surface area contributed by atoms with Gasteiger partial charge in [0.05, 0.1) is 0 Å². The molecule has 0 heterocycles. The number of nitrogens with one attached hydrogen (secondary N) is 1. The molecule has 1 aromatic rings. The minimum absolute atomic E-state index is 0.641. The number of rotatable bonds is 7. The Hall–Kier alpha value is -1.08. The van der Waals surface area contributed by atoms with Crippen molar-refractivity contribution in [3.8, 4) is 0 Å². The van der Waals surface area contributed by atoms with Crippen LogP contribution in [0.15, 0.2) is 43.0 Å². The zero-order chi connectivity index (χ0) is 10.9. The molecule has 1 unspecified atom stereocenters. The lowest BCUT2D eigenvalue weighted by Crippen LogP contribution is -2.17.